The second kappa shape index (κ2) is 13.8. The van der Waals surface area contributed by atoms with E-state index in [4.69, 9.17) is 9.97 Å². The van der Waals surface area contributed by atoms with Gasteiger partial charge in [-0.25, -0.2) is 9.97 Å². The van der Waals surface area contributed by atoms with Crippen molar-refractivity contribution >= 4 is 70.2 Å². The minimum Gasteiger partial charge on any atom is -0.310 e. The first-order valence-corrected chi connectivity index (χ1v) is 21.7. The molecule has 9 aromatic carbocycles. The van der Waals surface area contributed by atoms with Crippen LogP contribution in [0, 0.1) is 0 Å². The van der Waals surface area contributed by atoms with Gasteiger partial charge in [-0.2, -0.15) is 0 Å². The molecule has 0 bridgehead atoms. The minimum absolute atomic E-state index is 0.117. The van der Waals surface area contributed by atoms with Crippen molar-refractivity contribution in [2.45, 2.75) is 19.3 Å². The van der Waals surface area contributed by atoms with Crippen molar-refractivity contribution in [3.63, 3.8) is 0 Å². The van der Waals surface area contributed by atoms with Gasteiger partial charge in [0.25, 0.3) is 0 Å². The highest BCUT2D eigenvalue weighted by Crippen LogP contribution is 2.51. The fraction of sp³-hybridized carbons (Fsp3) is 0.0526. The van der Waals surface area contributed by atoms with E-state index < -0.39 is 0 Å². The molecule has 2 heterocycles. The molecule has 11 aromatic rings. The molecule has 4 heteroatoms. The Morgan fingerprint density at radius 2 is 1.03 bits per heavy atom. The number of anilines is 3. The van der Waals surface area contributed by atoms with Gasteiger partial charge in [0, 0.05) is 59.2 Å². The van der Waals surface area contributed by atoms with E-state index in [1.165, 1.54) is 64.3 Å². The molecule has 0 aliphatic heterocycles. The van der Waals surface area contributed by atoms with Crippen molar-refractivity contribution in [2.75, 3.05) is 4.90 Å². The third-order valence-electron chi connectivity index (χ3n) is 12.7. The van der Waals surface area contributed by atoms with Crippen LogP contribution in [0.3, 0.4) is 0 Å². The summed E-state index contributed by atoms with van der Waals surface area (Å²) in [6.45, 7) is 4.69. The van der Waals surface area contributed by atoms with Crippen molar-refractivity contribution in [2.24, 2.45) is 0 Å². The van der Waals surface area contributed by atoms with E-state index in [0.29, 0.717) is 5.82 Å². The average molecular weight is 798 g/mol. The molecule has 3 nitrogen and oxygen atoms in total. The zero-order valence-corrected chi connectivity index (χ0v) is 34.6. The second-order valence-electron chi connectivity index (χ2n) is 16.6. The van der Waals surface area contributed by atoms with Gasteiger partial charge >= 0.3 is 0 Å². The van der Waals surface area contributed by atoms with E-state index in [9.17, 15) is 0 Å². The van der Waals surface area contributed by atoms with Crippen LogP contribution in [-0.4, -0.2) is 9.97 Å². The topological polar surface area (TPSA) is 29.0 Å². The smallest absolute Gasteiger partial charge is 0.160 e. The van der Waals surface area contributed by atoms with Crippen LogP contribution < -0.4 is 4.90 Å². The number of aromatic nitrogens is 2. The van der Waals surface area contributed by atoms with Crippen LogP contribution in [0.1, 0.15) is 25.0 Å². The van der Waals surface area contributed by atoms with Crippen molar-refractivity contribution in [3.8, 4) is 44.9 Å². The Bertz CT molecular complexity index is 3490. The summed E-state index contributed by atoms with van der Waals surface area (Å²) in [4.78, 5) is 12.9. The van der Waals surface area contributed by atoms with Gasteiger partial charge in [-0.15, -0.1) is 11.3 Å². The summed E-state index contributed by atoms with van der Waals surface area (Å²) in [6, 6.07) is 72.4. The largest absolute Gasteiger partial charge is 0.310 e. The normalized spacial score (nSPS) is 12.9. The van der Waals surface area contributed by atoms with E-state index in [1.54, 1.807) is 0 Å². The van der Waals surface area contributed by atoms with Gasteiger partial charge in [0.2, 0.25) is 0 Å². The number of benzene rings is 9. The maximum atomic E-state index is 5.40. The van der Waals surface area contributed by atoms with Crippen LogP contribution >= 0.6 is 11.3 Å². The molecule has 0 fully saturated rings. The Hall–Kier alpha value is -7.40. The molecule has 0 N–H and O–H groups in total. The molecule has 288 valence electrons. The monoisotopic (exact) mass is 797 g/mol. The fourth-order valence-electron chi connectivity index (χ4n) is 9.55. The lowest BCUT2D eigenvalue weighted by Crippen LogP contribution is -2.16. The fourth-order valence-corrected chi connectivity index (χ4v) is 10.8. The van der Waals surface area contributed by atoms with Gasteiger partial charge in [0.1, 0.15) is 0 Å². The molecule has 0 unspecified atom stereocenters. The van der Waals surface area contributed by atoms with Crippen molar-refractivity contribution < 1.29 is 0 Å². The van der Waals surface area contributed by atoms with E-state index in [-0.39, 0.29) is 5.41 Å². The molecule has 0 saturated carbocycles. The van der Waals surface area contributed by atoms with E-state index in [0.717, 1.165) is 44.8 Å². The van der Waals surface area contributed by atoms with Crippen molar-refractivity contribution in [1.82, 2.24) is 9.97 Å². The Balaban J connectivity index is 0.976. The third-order valence-corrected chi connectivity index (χ3v) is 13.9. The summed E-state index contributed by atoms with van der Waals surface area (Å²) >= 11 is 1.85. The van der Waals surface area contributed by atoms with E-state index in [1.807, 2.05) is 11.3 Å². The molecule has 0 saturated heterocycles. The molecule has 1 aliphatic rings. The Morgan fingerprint density at radius 3 is 1.84 bits per heavy atom. The predicted octanol–water partition coefficient (Wildman–Crippen LogP) is 15.9. The SMILES string of the molecule is CC1(C)c2ccccc2-c2ccc(N(c3ccc(-c4ccccc4)cc3)c3ccc(-c4nc(-c5cccc6c5sc5cc7ccccc7cc56)c5ccccc5n4)cc3)cc21. The van der Waals surface area contributed by atoms with Crippen LogP contribution in [0.5, 0.6) is 0 Å². The van der Waals surface area contributed by atoms with Crippen LogP contribution in [-0.2, 0) is 5.41 Å². The van der Waals surface area contributed by atoms with E-state index in [2.05, 4.69) is 219 Å². The first kappa shape index (κ1) is 35.5. The number of hydrogen-bond acceptors (Lipinski definition) is 4. The highest BCUT2D eigenvalue weighted by molar-refractivity contribution is 7.26. The lowest BCUT2D eigenvalue weighted by molar-refractivity contribution is 0.660. The number of nitrogens with zero attached hydrogens (tertiary/aromatic N) is 3. The van der Waals surface area contributed by atoms with Crippen LogP contribution in [0.4, 0.5) is 17.1 Å². The van der Waals surface area contributed by atoms with Crippen LogP contribution in [0.25, 0.3) is 86.7 Å². The summed E-state index contributed by atoms with van der Waals surface area (Å²) in [5.41, 5.74) is 14.9. The first-order valence-electron chi connectivity index (χ1n) is 20.9. The van der Waals surface area contributed by atoms with Gasteiger partial charge in [-0.1, -0.05) is 147 Å². The molecule has 0 radical (unpaired) electrons. The summed E-state index contributed by atoms with van der Waals surface area (Å²) in [7, 11) is 0. The average Bonchev–Trinajstić information content (AvgIpc) is 3.79. The lowest BCUT2D eigenvalue weighted by atomic mass is 9.82. The first-order chi connectivity index (χ1) is 30.0. The number of fused-ring (bicyclic) bond motifs is 8. The molecule has 0 atom stereocenters. The minimum atomic E-state index is -0.117. The molecule has 1 aliphatic carbocycles. The van der Waals surface area contributed by atoms with Crippen molar-refractivity contribution in [1.29, 1.82) is 0 Å². The summed E-state index contributed by atoms with van der Waals surface area (Å²) in [5.74, 6) is 0.708. The van der Waals surface area contributed by atoms with Crippen LogP contribution in [0.2, 0.25) is 0 Å². The van der Waals surface area contributed by atoms with E-state index >= 15 is 0 Å². The molecule has 12 rings (SSSR count). The van der Waals surface area contributed by atoms with Gasteiger partial charge in [0.15, 0.2) is 5.82 Å². The molecular weight excluding hydrogens is 759 g/mol. The van der Waals surface area contributed by atoms with Gasteiger partial charge < -0.3 is 4.90 Å². The van der Waals surface area contributed by atoms with Gasteiger partial charge in [-0.3, -0.25) is 0 Å². The van der Waals surface area contributed by atoms with Gasteiger partial charge in [-0.05, 0) is 111 Å². The number of rotatable bonds is 6. The third kappa shape index (κ3) is 5.78. The molecule has 0 spiro atoms. The highest BCUT2D eigenvalue weighted by atomic mass is 32.1. The molecular formula is C57H39N3S. The maximum Gasteiger partial charge on any atom is 0.160 e. The number of para-hydroxylation sites is 1. The summed E-state index contributed by atoms with van der Waals surface area (Å²) in [5, 5.41) is 6.10. The maximum absolute atomic E-state index is 5.40. The molecule has 61 heavy (non-hydrogen) atoms. The molecule has 0 amide bonds. The number of hydrogen-bond donors (Lipinski definition) is 0. The Morgan fingerprint density at radius 1 is 0.426 bits per heavy atom. The summed E-state index contributed by atoms with van der Waals surface area (Å²) < 4.78 is 2.53. The molecule has 2 aromatic heterocycles. The zero-order valence-electron chi connectivity index (χ0n) is 33.8. The second-order valence-corrected chi connectivity index (χ2v) is 17.6. The quantitative estimate of drug-likeness (QED) is 0.168. The Labute approximate surface area is 358 Å². The number of thiophene rings is 1. The zero-order chi connectivity index (χ0) is 40.7. The lowest BCUT2D eigenvalue weighted by Gasteiger charge is -2.28. The van der Waals surface area contributed by atoms with Crippen LogP contribution in [0.15, 0.2) is 200 Å². The highest BCUT2D eigenvalue weighted by Gasteiger charge is 2.35. The predicted molar refractivity (Wildman–Crippen MR) is 258 cm³/mol. The van der Waals surface area contributed by atoms with Gasteiger partial charge in [0.05, 0.1) is 11.2 Å². The Kier molecular flexibility index (Phi) is 8.06. The standard InChI is InChI=1S/C57H39N3S/c1-57(2)50-21-10-8-17-44(50)45-32-31-43(35-51(45)57)60(41-27-23-37(24-28-41)36-13-4-3-5-14-36)42-29-25-38(26-30-42)56-58-52-22-11-9-18-47(52)54(59-56)48-20-12-19-46-49-33-39-15-6-7-16-40(39)34-53(49)61-55(46)48/h3-35H,1-2H3. The van der Waals surface area contributed by atoms with Crippen molar-refractivity contribution in [3.05, 3.63) is 211 Å². The summed E-state index contributed by atoms with van der Waals surface area (Å²) in [6.07, 6.45) is 0.